The Morgan fingerprint density at radius 2 is 1.62 bits per heavy atom. The van der Waals surface area contributed by atoms with Gasteiger partial charge in [-0.05, 0) is 17.7 Å². The zero-order chi connectivity index (χ0) is 19.1. The van der Waals surface area contributed by atoms with Crippen LogP contribution in [0, 0.1) is 0 Å². The Morgan fingerprint density at radius 1 is 1.00 bits per heavy atom. The minimum Gasteiger partial charge on any atom is -0.491 e. The first-order chi connectivity index (χ1) is 13.1. The maximum absolute atomic E-state index is 12.5. The van der Waals surface area contributed by atoms with Crippen LogP contribution in [-0.4, -0.2) is 55.0 Å². The van der Waals surface area contributed by atoms with Crippen LogP contribution in [0.1, 0.15) is 18.0 Å². The molecule has 1 saturated heterocycles. The van der Waals surface area contributed by atoms with E-state index >= 15 is 0 Å². The fraction of sp³-hybridized carbons (Fsp3) is 0.381. The number of rotatable bonds is 7. The number of nitrogens with two attached hydrogens (primary N) is 1. The van der Waals surface area contributed by atoms with Gasteiger partial charge in [-0.25, -0.2) is 0 Å². The number of para-hydroxylation sites is 1. The molecule has 0 saturated carbocycles. The third-order valence-electron chi connectivity index (χ3n) is 4.85. The second-order valence-electron chi connectivity index (χ2n) is 6.72. The first-order valence-electron chi connectivity index (χ1n) is 9.31. The molecule has 160 valence electrons. The molecule has 2 aromatic carbocycles. The van der Waals surface area contributed by atoms with E-state index in [0.717, 1.165) is 38.3 Å². The van der Waals surface area contributed by atoms with E-state index in [0.29, 0.717) is 23.8 Å². The van der Waals surface area contributed by atoms with Crippen molar-refractivity contribution in [3.63, 3.8) is 0 Å². The highest BCUT2D eigenvalue weighted by Crippen LogP contribution is 2.23. The Kier molecular flexibility index (Phi) is 11.4. The number of carbonyl (C=O) groups is 1. The lowest BCUT2D eigenvalue weighted by Gasteiger charge is -2.35. The van der Waals surface area contributed by atoms with Crippen molar-refractivity contribution in [2.75, 3.05) is 39.3 Å². The van der Waals surface area contributed by atoms with E-state index in [1.807, 2.05) is 59.5 Å². The van der Waals surface area contributed by atoms with E-state index in [2.05, 4.69) is 4.90 Å². The van der Waals surface area contributed by atoms with Gasteiger partial charge in [0.2, 0.25) is 5.91 Å². The number of hydrogen-bond donors (Lipinski definition) is 1. The van der Waals surface area contributed by atoms with Crippen LogP contribution in [0.15, 0.2) is 54.6 Å². The summed E-state index contributed by atoms with van der Waals surface area (Å²) in [5.41, 5.74) is 7.18. The highest BCUT2D eigenvalue weighted by molar-refractivity contribution is 6.32. The highest BCUT2D eigenvalue weighted by Gasteiger charge is 2.22. The summed E-state index contributed by atoms with van der Waals surface area (Å²) in [7, 11) is 0. The van der Waals surface area contributed by atoms with Crippen LogP contribution in [-0.2, 0) is 4.79 Å². The first-order valence-corrected chi connectivity index (χ1v) is 9.69. The number of benzene rings is 2. The van der Waals surface area contributed by atoms with Gasteiger partial charge in [-0.1, -0.05) is 54.1 Å². The van der Waals surface area contributed by atoms with Gasteiger partial charge < -0.3 is 15.4 Å². The molecule has 8 heteroatoms. The van der Waals surface area contributed by atoms with Gasteiger partial charge in [0.15, 0.2) is 0 Å². The standard InChI is InChI=1S/C21H26ClN3O2.2ClH/c22-18-8-4-5-9-20(18)27-15-14-24-10-12-25(13-11-24)21(26)16-19(23)17-6-2-1-3-7-17;;/h1-9,19H,10-16,23H2;2*1H. The number of nitrogens with zero attached hydrogens (tertiary/aromatic N) is 2. The molecule has 3 rings (SSSR count). The summed E-state index contributed by atoms with van der Waals surface area (Å²) >= 11 is 6.09. The molecule has 1 heterocycles. The van der Waals surface area contributed by atoms with Crippen molar-refractivity contribution >= 4 is 42.3 Å². The number of halogens is 3. The number of hydrogen-bond acceptors (Lipinski definition) is 4. The maximum atomic E-state index is 12.5. The van der Waals surface area contributed by atoms with Crippen molar-refractivity contribution in [2.24, 2.45) is 5.73 Å². The maximum Gasteiger partial charge on any atom is 0.224 e. The molecule has 1 atom stereocenters. The Balaban J connectivity index is 0.00000210. The predicted molar refractivity (Wildman–Crippen MR) is 122 cm³/mol. The van der Waals surface area contributed by atoms with Crippen molar-refractivity contribution in [3.05, 3.63) is 65.2 Å². The molecule has 2 aromatic rings. The summed E-state index contributed by atoms with van der Waals surface area (Å²) in [5.74, 6) is 0.834. The second kappa shape index (κ2) is 12.9. The molecule has 0 bridgehead atoms. The molecular formula is C21H28Cl3N3O2. The predicted octanol–water partition coefficient (Wildman–Crippen LogP) is 3.80. The molecule has 1 aliphatic heterocycles. The quantitative estimate of drug-likeness (QED) is 0.683. The average Bonchev–Trinajstić information content (AvgIpc) is 2.70. The van der Waals surface area contributed by atoms with Crippen LogP contribution < -0.4 is 10.5 Å². The molecule has 1 fully saturated rings. The lowest BCUT2D eigenvalue weighted by molar-refractivity contribution is -0.133. The van der Waals surface area contributed by atoms with E-state index in [1.165, 1.54) is 0 Å². The highest BCUT2D eigenvalue weighted by atomic mass is 35.5. The normalized spacial score (nSPS) is 15.0. The van der Waals surface area contributed by atoms with Crippen LogP contribution in [0.25, 0.3) is 0 Å². The van der Waals surface area contributed by atoms with Crippen LogP contribution in [0.3, 0.4) is 0 Å². The first kappa shape index (κ1) is 25.5. The Hall–Kier alpha value is -1.50. The summed E-state index contributed by atoms with van der Waals surface area (Å²) in [6, 6.07) is 17.0. The smallest absolute Gasteiger partial charge is 0.224 e. The molecule has 2 N–H and O–H groups in total. The van der Waals surface area contributed by atoms with Crippen LogP contribution in [0.5, 0.6) is 5.75 Å². The van der Waals surface area contributed by atoms with Crippen LogP contribution in [0.4, 0.5) is 0 Å². The summed E-state index contributed by atoms with van der Waals surface area (Å²) < 4.78 is 5.74. The molecular weight excluding hydrogens is 433 g/mol. The molecule has 29 heavy (non-hydrogen) atoms. The Morgan fingerprint density at radius 3 is 2.28 bits per heavy atom. The van der Waals surface area contributed by atoms with Crippen molar-refractivity contribution in [3.8, 4) is 5.75 Å². The largest absolute Gasteiger partial charge is 0.491 e. The minimum absolute atomic E-state index is 0. The van der Waals surface area contributed by atoms with E-state index < -0.39 is 0 Å². The number of ether oxygens (including phenoxy) is 1. The van der Waals surface area contributed by atoms with Crippen molar-refractivity contribution in [1.82, 2.24) is 9.80 Å². The van der Waals surface area contributed by atoms with Gasteiger partial charge in [0.1, 0.15) is 12.4 Å². The van der Waals surface area contributed by atoms with Gasteiger partial charge in [-0.3, -0.25) is 9.69 Å². The SMILES string of the molecule is Cl.Cl.NC(CC(=O)N1CCN(CCOc2ccccc2Cl)CC1)c1ccccc1. The fourth-order valence-corrected chi connectivity index (χ4v) is 3.39. The number of amides is 1. The third-order valence-corrected chi connectivity index (χ3v) is 5.16. The summed E-state index contributed by atoms with van der Waals surface area (Å²) in [6.45, 7) is 4.54. The Bertz CT molecular complexity index is 741. The molecule has 0 aliphatic carbocycles. The van der Waals surface area contributed by atoms with Gasteiger partial charge >= 0.3 is 0 Å². The van der Waals surface area contributed by atoms with Crippen LogP contribution >= 0.6 is 36.4 Å². The summed E-state index contributed by atoms with van der Waals surface area (Å²) in [5, 5.41) is 0.627. The number of piperazine rings is 1. The van der Waals surface area contributed by atoms with Crippen molar-refractivity contribution in [1.29, 1.82) is 0 Å². The molecule has 1 aliphatic rings. The van der Waals surface area contributed by atoms with Crippen molar-refractivity contribution < 1.29 is 9.53 Å². The summed E-state index contributed by atoms with van der Waals surface area (Å²) in [6.07, 6.45) is 0.347. The zero-order valence-electron chi connectivity index (χ0n) is 16.2. The molecule has 0 spiro atoms. The molecule has 0 aromatic heterocycles. The number of carbonyl (C=O) groups excluding carboxylic acids is 1. The average molecular weight is 461 g/mol. The second-order valence-corrected chi connectivity index (χ2v) is 7.13. The molecule has 1 unspecified atom stereocenters. The van der Waals surface area contributed by atoms with Crippen LogP contribution in [0.2, 0.25) is 5.02 Å². The van der Waals surface area contributed by atoms with Gasteiger partial charge in [0.05, 0.1) is 5.02 Å². The van der Waals surface area contributed by atoms with E-state index in [1.54, 1.807) is 0 Å². The monoisotopic (exact) mass is 459 g/mol. The lowest BCUT2D eigenvalue weighted by Crippen LogP contribution is -2.50. The van der Waals surface area contributed by atoms with E-state index in [4.69, 9.17) is 22.1 Å². The van der Waals surface area contributed by atoms with Crippen molar-refractivity contribution in [2.45, 2.75) is 12.5 Å². The van der Waals surface area contributed by atoms with E-state index in [9.17, 15) is 4.79 Å². The molecule has 5 nitrogen and oxygen atoms in total. The van der Waals surface area contributed by atoms with Gasteiger partial charge in [0, 0.05) is 45.2 Å². The lowest BCUT2D eigenvalue weighted by atomic mass is 10.0. The van der Waals surface area contributed by atoms with E-state index in [-0.39, 0.29) is 36.8 Å². The fourth-order valence-electron chi connectivity index (χ4n) is 3.20. The Labute approximate surface area is 190 Å². The third kappa shape index (κ3) is 7.68. The molecule has 1 amide bonds. The minimum atomic E-state index is -0.249. The van der Waals surface area contributed by atoms with Gasteiger partial charge in [-0.15, -0.1) is 24.8 Å². The van der Waals surface area contributed by atoms with Gasteiger partial charge in [0.25, 0.3) is 0 Å². The topological polar surface area (TPSA) is 58.8 Å². The zero-order valence-corrected chi connectivity index (χ0v) is 18.6. The molecule has 0 radical (unpaired) electrons. The summed E-state index contributed by atoms with van der Waals surface area (Å²) in [4.78, 5) is 16.7. The van der Waals surface area contributed by atoms with Gasteiger partial charge in [-0.2, -0.15) is 0 Å².